The summed E-state index contributed by atoms with van der Waals surface area (Å²) >= 11 is 6.61. The Labute approximate surface area is 224 Å². The van der Waals surface area contributed by atoms with Crippen LogP contribution in [-0.4, -0.2) is 52.8 Å². The molecular formula is C29H39ClN2O5. The second-order valence-corrected chi connectivity index (χ2v) is 11.6. The molecule has 3 heterocycles. The first-order valence-electron chi connectivity index (χ1n) is 12.9. The number of aliphatic hydroxyl groups is 2. The molecule has 0 aliphatic carbocycles. The zero-order valence-electron chi connectivity index (χ0n) is 22.5. The largest absolute Gasteiger partial charge is 0.476 e. The van der Waals surface area contributed by atoms with E-state index in [0.717, 1.165) is 16.7 Å². The Bertz CT molecular complexity index is 1150. The van der Waals surface area contributed by atoms with Gasteiger partial charge in [-0.2, -0.15) is 0 Å². The topological polar surface area (TPSA) is 94.6 Å². The lowest BCUT2D eigenvalue weighted by Gasteiger charge is -2.44. The molecule has 2 fully saturated rings. The Morgan fingerprint density at radius 1 is 1.27 bits per heavy atom. The van der Waals surface area contributed by atoms with Crippen LogP contribution in [0.5, 0.6) is 0 Å². The number of nitrogens with zero attached hydrogens (tertiary/aromatic N) is 1. The fourth-order valence-corrected chi connectivity index (χ4v) is 5.75. The van der Waals surface area contributed by atoms with Crippen LogP contribution in [0, 0.1) is 18.8 Å². The summed E-state index contributed by atoms with van der Waals surface area (Å²) in [6, 6.07) is 3.95. The van der Waals surface area contributed by atoms with Gasteiger partial charge in [-0.05, 0) is 51.0 Å². The fraction of sp³-hybridized carbons (Fsp3) is 0.552. The van der Waals surface area contributed by atoms with Gasteiger partial charge in [-0.15, -0.1) is 0 Å². The summed E-state index contributed by atoms with van der Waals surface area (Å²) in [6.45, 7) is 13.6. The minimum absolute atomic E-state index is 0.112. The summed E-state index contributed by atoms with van der Waals surface area (Å²) in [4.78, 5) is 14.7. The lowest BCUT2D eigenvalue weighted by molar-refractivity contribution is -0.127. The first-order chi connectivity index (χ1) is 17.2. The highest BCUT2D eigenvalue weighted by molar-refractivity contribution is 6.34. The molecule has 1 amide bonds. The first-order valence-corrected chi connectivity index (χ1v) is 13.2. The molecule has 8 heteroatoms. The molecule has 0 spiro atoms. The maximum Gasteiger partial charge on any atom is 0.229 e. The van der Waals surface area contributed by atoms with E-state index in [0.29, 0.717) is 29.4 Å². The number of ether oxygens (including phenoxy) is 2. The van der Waals surface area contributed by atoms with Crippen LogP contribution in [0.25, 0.3) is 0 Å². The van der Waals surface area contributed by atoms with Gasteiger partial charge < -0.3 is 29.9 Å². The van der Waals surface area contributed by atoms with E-state index in [-0.39, 0.29) is 36.4 Å². The van der Waals surface area contributed by atoms with E-state index < -0.39 is 17.4 Å². The molecule has 1 aromatic rings. The standard InChI is InChI=1S/C29H39ClN2O5/c1-16-9-8-10-18(3)29(35)15-23(36-20(5)31-29)19(4)27-28(6,37-27)24(33)14-25(34)32(7)22-13-21(11-16)12-17(2)26(22)30/h8-10,12-13,18-19,23-24,27,31,33,35H,5,11,14-15H2,1-4,6-7H3/b10-8+,16-9+. The van der Waals surface area contributed by atoms with Crippen LogP contribution in [0.2, 0.25) is 5.02 Å². The normalized spacial score (nSPS) is 39.1. The van der Waals surface area contributed by atoms with Crippen molar-refractivity contribution >= 4 is 23.2 Å². The molecule has 7 nitrogen and oxygen atoms in total. The van der Waals surface area contributed by atoms with Gasteiger partial charge in [0.05, 0.1) is 29.3 Å². The van der Waals surface area contributed by atoms with E-state index in [1.165, 1.54) is 4.90 Å². The van der Waals surface area contributed by atoms with Crippen LogP contribution in [0.4, 0.5) is 5.69 Å². The van der Waals surface area contributed by atoms with Crippen molar-refractivity contribution in [3.8, 4) is 0 Å². The maximum absolute atomic E-state index is 13.2. The second kappa shape index (κ2) is 10.1. The number of aryl methyl sites for hydroxylation is 1. The Kier molecular flexibility index (Phi) is 7.56. The summed E-state index contributed by atoms with van der Waals surface area (Å²) in [7, 11) is 1.68. The number of aliphatic hydroxyl groups excluding tert-OH is 1. The minimum atomic E-state index is -1.25. The van der Waals surface area contributed by atoms with Crippen LogP contribution in [0.3, 0.4) is 0 Å². The van der Waals surface area contributed by atoms with Crippen LogP contribution in [-0.2, 0) is 20.7 Å². The highest BCUT2D eigenvalue weighted by Gasteiger charge is 2.62. The second-order valence-electron chi connectivity index (χ2n) is 11.2. The third-order valence-electron chi connectivity index (χ3n) is 8.19. The van der Waals surface area contributed by atoms with Crippen LogP contribution < -0.4 is 10.2 Å². The summed E-state index contributed by atoms with van der Waals surface area (Å²) in [5.41, 5.74) is 1.49. The van der Waals surface area contributed by atoms with E-state index in [1.807, 2.05) is 65.0 Å². The number of anilines is 1. The van der Waals surface area contributed by atoms with Gasteiger partial charge in [-0.25, -0.2) is 0 Å². The van der Waals surface area contributed by atoms with Crippen molar-refractivity contribution in [3.05, 3.63) is 64.5 Å². The predicted molar refractivity (Wildman–Crippen MR) is 145 cm³/mol. The highest BCUT2D eigenvalue weighted by Crippen LogP contribution is 2.48. The number of allylic oxidation sites excluding steroid dienone is 3. The lowest BCUT2D eigenvalue weighted by atomic mass is 9.82. The van der Waals surface area contributed by atoms with Crippen LogP contribution in [0.1, 0.15) is 51.7 Å². The van der Waals surface area contributed by atoms with E-state index in [1.54, 1.807) is 7.05 Å². The Balaban J connectivity index is 1.71. The predicted octanol–water partition coefficient (Wildman–Crippen LogP) is 4.39. The summed E-state index contributed by atoms with van der Waals surface area (Å²) in [6.07, 6.45) is 5.10. The van der Waals surface area contributed by atoms with Crippen molar-refractivity contribution < 1.29 is 24.5 Å². The number of benzene rings is 1. The molecule has 3 aliphatic rings. The number of rotatable bonds is 0. The zero-order valence-corrected chi connectivity index (χ0v) is 23.3. The number of fused-ring (bicyclic) bond motifs is 5. The van der Waals surface area contributed by atoms with Crippen molar-refractivity contribution in [2.24, 2.45) is 11.8 Å². The van der Waals surface area contributed by atoms with E-state index in [9.17, 15) is 15.0 Å². The third-order valence-corrected chi connectivity index (χ3v) is 8.68. The van der Waals surface area contributed by atoms with Gasteiger partial charge >= 0.3 is 0 Å². The number of amides is 1. The van der Waals surface area contributed by atoms with Crippen LogP contribution >= 0.6 is 11.6 Å². The molecule has 0 aromatic heterocycles. The van der Waals surface area contributed by atoms with Gasteiger partial charge in [-0.1, -0.05) is 55.3 Å². The maximum atomic E-state index is 13.2. The number of epoxide rings is 1. The smallest absolute Gasteiger partial charge is 0.229 e. The summed E-state index contributed by atoms with van der Waals surface area (Å²) in [5.74, 6) is -0.347. The van der Waals surface area contributed by atoms with Gasteiger partial charge in [0.25, 0.3) is 0 Å². The summed E-state index contributed by atoms with van der Waals surface area (Å²) in [5, 5.41) is 26.1. The molecule has 1 aromatic carbocycles. The molecule has 0 radical (unpaired) electrons. The molecule has 7 atom stereocenters. The Hall–Kier alpha value is -2.32. The number of nitrogens with one attached hydrogen (secondary N) is 1. The third kappa shape index (κ3) is 5.46. The van der Waals surface area contributed by atoms with Gasteiger partial charge in [0.1, 0.15) is 17.4 Å². The molecule has 202 valence electrons. The van der Waals surface area contributed by atoms with E-state index in [4.69, 9.17) is 21.1 Å². The lowest BCUT2D eigenvalue weighted by Crippen LogP contribution is -2.57. The molecule has 7 unspecified atom stereocenters. The van der Waals surface area contributed by atoms with Crippen molar-refractivity contribution in [2.75, 3.05) is 11.9 Å². The van der Waals surface area contributed by atoms with Crippen molar-refractivity contribution in [1.82, 2.24) is 5.32 Å². The minimum Gasteiger partial charge on any atom is -0.476 e. The molecule has 0 saturated carbocycles. The van der Waals surface area contributed by atoms with Crippen molar-refractivity contribution in [2.45, 2.75) is 83.5 Å². The fourth-order valence-electron chi connectivity index (χ4n) is 5.51. The molecule has 3 N–H and O–H groups in total. The SMILES string of the molecule is C=C1NC2(O)CC(O1)C(C)C1OC1(C)C(O)CC(=O)N(C)c1cc(cc(C)c1Cl)C/C(C)=C/C=C/C2C. The van der Waals surface area contributed by atoms with Gasteiger partial charge in [0, 0.05) is 25.3 Å². The zero-order chi connectivity index (χ0) is 27.3. The van der Waals surface area contributed by atoms with E-state index >= 15 is 0 Å². The quantitative estimate of drug-likeness (QED) is 0.431. The molecule has 4 bridgehead atoms. The van der Waals surface area contributed by atoms with E-state index in [2.05, 4.69) is 11.9 Å². The molecule has 3 aliphatic heterocycles. The average Bonchev–Trinajstić information content (AvgIpc) is 3.51. The molecular weight excluding hydrogens is 492 g/mol. The van der Waals surface area contributed by atoms with Gasteiger partial charge in [0.2, 0.25) is 5.91 Å². The Morgan fingerprint density at radius 2 is 1.97 bits per heavy atom. The first kappa shape index (κ1) is 27.7. The number of carbonyl (C=O) groups is 1. The van der Waals surface area contributed by atoms with Crippen molar-refractivity contribution in [3.63, 3.8) is 0 Å². The van der Waals surface area contributed by atoms with Gasteiger partial charge in [0.15, 0.2) is 5.88 Å². The monoisotopic (exact) mass is 530 g/mol. The molecule has 4 rings (SSSR count). The van der Waals surface area contributed by atoms with Crippen molar-refractivity contribution in [1.29, 1.82) is 0 Å². The number of halogens is 1. The number of carbonyl (C=O) groups excluding carboxylic acids is 1. The average molecular weight is 531 g/mol. The van der Waals surface area contributed by atoms with Gasteiger partial charge in [-0.3, -0.25) is 4.79 Å². The number of hydrogen-bond acceptors (Lipinski definition) is 6. The Morgan fingerprint density at radius 3 is 2.68 bits per heavy atom. The highest BCUT2D eigenvalue weighted by atomic mass is 35.5. The number of hydrogen-bond donors (Lipinski definition) is 3. The molecule has 37 heavy (non-hydrogen) atoms. The van der Waals surface area contributed by atoms with Crippen LogP contribution in [0.15, 0.2) is 48.4 Å². The molecule has 2 saturated heterocycles. The summed E-state index contributed by atoms with van der Waals surface area (Å²) < 4.78 is 12.0.